The number of hydrogen-bond donors (Lipinski definition) is 0. The normalized spacial score (nSPS) is 9.43. The Morgan fingerprint density at radius 1 is 1.43 bits per heavy atom. The molecule has 0 aliphatic heterocycles. The minimum absolute atomic E-state index is 1.07. The van der Waals surface area contributed by atoms with Crippen LogP contribution >= 0.6 is 11.8 Å². The Labute approximate surface area is 50.7 Å². The van der Waals surface area contributed by atoms with E-state index in [9.17, 15) is 0 Å². The molecule has 0 amide bonds. The van der Waals surface area contributed by atoms with Gasteiger partial charge in [0.1, 0.15) is 0 Å². The standard InChI is InChI=1S/C6H13S/c1-3-5-7-6-4-2/h1,3-6H2,2H3. The van der Waals surface area contributed by atoms with Crippen molar-refractivity contribution in [1.29, 1.82) is 0 Å². The second kappa shape index (κ2) is 6.35. The van der Waals surface area contributed by atoms with Gasteiger partial charge in [-0.3, -0.25) is 0 Å². The Morgan fingerprint density at radius 2 is 2.14 bits per heavy atom. The van der Waals surface area contributed by atoms with Gasteiger partial charge in [-0.05, 0) is 24.3 Å². The van der Waals surface area contributed by atoms with Crippen molar-refractivity contribution in [1.82, 2.24) is 0 Å². The lowest BCUT2D eigenvalue weighted by atomic mass is 10.6. The zero-order valence-corrected chi connectivity index (χ0v) is 5.76. The van der Waals surface area contributed by atoms with Crippen LogP contribution in [-0.4, -0.2) is 11.5 Å². The summed E-state index contributed by atoms with van der Waals surface area (Å²) in [5.41, 5.74) is 0. The lowest BCUT2D eigenvalue weighted by Crippen LogP contribution is -1.76. The zero-order valence-electron chi connectivity index (χ0n) is 4.94. The first-order valence-electron chi connectivity index (χ1n) is 2.78. The molecule has 7 heavy (non-hydrogen) atoms. The smallest absolute Gasteiger partial charge is 0.00675 e. The van der Waals surface area contributed by atoms with Gasteiger partial charge in [-0.25, -0.2) is 0 Å². The summed E-state index contributed by atoms with van der Waals surface area (Å²) in [6, 6.07) is 0. The van der Waals surface area contributed by atoms with Crippen LogP contribution in [0.5, 0.6) is 0 Å². The molecule has 0 unspecified atom stereocenters. The maximum absolute atomic E-state index is 3.74. The van der Waals surface area contributed by atoms with Gasteiger partial charge < -0.3 is 0 Å². The molecule has 0 aliphatic rings. The summed E-state index contributed by atoms with van der Waals surface area (Å²) in [4.78, 5) is 0. The Morgan fingerprint density at radius 3 is 2.57 bits per heavy atom. The largest absolute Gasteiger partial charge is 0.162 e. The number of thioether (sulfide) groups is 1. The van der Waals surface area contributed by atoms with Crippen LogP contribution in [0.4, 0.5) is 0 Å². The molecule has 0 heterocycles. The van der Waals surface area contributed by atoms with E-state index in [1.165, 1.54) is 17.9 Å². The van der Waals surface area contributed by atoms with Crippen molar-refractivity contribution in [3.8, 4) is 0 Å². The quantitative estimate of drug-likeness (QED) is 0.509. The van der Waals surface area contributed by atoms with Crippen LogP contribution in [0, 0.1) is 6.92 Å². The molecule has 1 heteroatoms. The van der Waals surface area contributed by atoms with E-state index in [-0.39, 0.29) is 0 Å². The summed E-state index contributed by atoms with van der Waals surface area (Å²) in [6.45, 7) is 5.94. The van der Waals surface area contributed by atoms with E-state index in [1.54, 1.807) is 0 Å². The van der Waals surface area contributed by atoms with Crippen LogP contribution in [0.2, 0.25) is 0 Å². The maximum Gasteiger partial charge on any atom is -0.00675 e. The molecule has 0 aromatic rings. The van der Waals surface area contributed by atoms with Gasteiger partial charge in [0, 0.05) is 0 Å². The topological polar surface area (TPSA) is 0 Å². The van der Waals surface area contributed by atoms with Gasteiger partial charge in [-0.2, -0.15) is 11.8 Å². The lowest BCUT2D eigenvalue weighted by Gasteiger charge is -1.91. The Bertz CT molecular complexity index is 23.4. The van der Waals surface area contributed by atoms with E-state index in [0.29, 0.717) is 0 Å². The second-order valence-electron chi connectivity index (χ2n) is 1.47. The first-order valence-corrected chi connectivity index (χ1v) is 3.94. The average molecular weight is 117 g/mol. The van der Waals surface area contributed by atoms with Gasteiger partial charge in [0.25, 0.3) is 0 Å². The summed E-state index contributed by atoms with van der Waals surface area (Å²) in [7, 11) is 0. The van der Waals surface area contributed by atoms with E-state index in [0.717, 1.165) is 6.42 Å². The molecule has 0 bridgehead atoms. The summed E-state index contributed by atoms with van der Waals surface area (Å²) in [5, 5.41) is 0. The molecule has 0 fully saturated rings. The van der Waals surface area contributed by atoms with Gasteiger partial charge in [-0.1, -0.05) is 13.8 Å². The molecular weight excluding hydrogens is 104 g/mol. The van der Waals surface area contributed by atoms with Crippen LogP contribution in [-0.2, 0) is 0 Å². The monoisotopic (exact) mass is 117 g/mol. The van der Waals surface area contributed by atoms with E-state index in [1.807, 2.05) is 11.8 Å². The second-order valence-corrected chi connectivity index (χ2v) is 2.69. The molecule has 1 radical (unpaired) electrons. The third-order valence-electron chi connectivity index (χ3n) is 0.637. The van der Waals surface area contributed by atoms with Crippen molar-refractivity contribution in [2.24, 2.45) is 0 Å². The van der Waals surface area contributed by atoms with Crippen molar-refractivity contribution in [2.75, 3.05) is 11.5 Å². The molecule has 0 spiro atoms. The van der Waals surface area contributed by atoms with Gasteiger partial charge in [-0.15, -0.1) is 0 Å². The molecular formula is C6H13S. The molecule has 43 valence electrons. The first-order chi connectivity index (χ1) is 3.41. The minimum atomic E-state index is 1.07. The maximum atomic E-state index is 3.74. The van der Waals surface area contributed by atoms with E-state index < -0.39 is 0 Å². The van der Waals surface area contributed by atoms with Crippen molar-refractivity contribution in [2.45, 2.75) is 19.8 Å². The molecule has 0 aromatic heterocycles. The van der Waals surface area contributed by atoms with Gasteiger partial charge >= 0.3 is 0 Å². The molecule has 0 aromatic carbocycles. The Balaban J connectivity index is 2.45. The Kier molecular flexibility index (Phi) is 6.67. The predicted molar refractivity (Wildman–Crippen MR) is 37.6 cm³/mol. The molecule has 0 rings (SSSR count). The summed E-state index contributed by atoms with van der Waals surface area (Å²) < 4.78 is 0. The van der Waals surface area contributed by atoms with Crippen molar-refractivity contribution in [3.63, 3.8) is 0 Å². The third-order valence-corrected chi connectivity index (χ3v) is 1.91. The Hall–Kier alpha value is 0.350. The fourth-order valence-corrected chi connectivity index (χ4v) is 1.05. The summed E-state index contributed by atoms with van der Waals surface area (Å²) in [5.74, 6) is 2.53. The van der Waals surface area contributed by atoms with E-state index in [4.69, 9.17) is 0 Å². The van der Waals surface area contributed by atoms with Crippen LogP contribution < -0.4 is 0 Å². The van der Waals surface area contributed by atoms with Crippen molar-refractivity contribution < 1.29 is 0 Å². The minimum Gasteiger partial charge on any atom is -0.162 e. The van der Waals surface area contributed by atoms with E-state index in [2.05, 4.69) is 13.8 Å². The number of rotatable bonds is 4. The van der Waals surface area contributed by atoms with Gasteiger partial charge in [0.2, 0.25) is 0 Å². The molecule has 0 atom stereocenters. The third kappa shape index (κ3) is 6.35. The molecule has 0 nitrogen and oxygen atoms in total. The fraction of sp³-hybridized carbons (Fsp3) is 0.833. The van der Waals surface area contributed by atoms with Crippen LogP contribution in [0.1, 0.15) is 19.8 Å². The average Bonchev–Trinajstić information content (AvgIpc) is 1.69. The van der Waals surface area contributed by atoms with Crippen molar-refractivity contribution >= 4 is 11.8 Å². The van der Waals surface area contributed by atoms with Gasteiger partial charge in [0.15, 0.2) is 0 Å². The number of hydrogen-bond acceptors (Lipinski definition) is 1. The molecule has 0 saturated heterocycles. The molecule has 0 N–H and O–H groups in total. The highest BCUT2D eigenvalue weighted by Gasteiger charge is 1.79. The highest BCUT2D eigenvalue weighted by molar-refractivity contribution is 7.99. The highest BCUT2D eigenvalue weighted by atomic mass is 32.2. The molecule has 0 aliphatic carbocycles. The lowest BCUT2D eigenvalue weighted by molar-refractivity contribution is 1.10. The summed E-state index contributed by atoms with van der Waals surface area (Å²) >= 11 is 1.99. The first kappa shape index (κ1) is 7.35. The van der Waals surface area contributed by atoms with Crippen LogP contribution in [0.15, 0.2) is 0 Å². The van der Waals surface area contributed by atoms with Gasteiger partial charge in [0.05, 0.1) is 0 Å². The SMILES string of the molecule is [CH2]CCSCCC. The fourth-order valence-electron chi connectivity index (χ4n) is 0.348. The predicted octanol–water partition coefficient (Wildman–Crippen LogP) is 2.35. The highest BCUT2D eigenvalue weighted by Crippen LogP contribution is 2.01. The van der Waals surface area contributed by atoms with Crippen LogP contribution in [0.3, 0.4) is 0 Å². The van der Waals surface area contributed by atoms with Crippen LogP contribution in [0.25, 0.3) is 0 Å². The zero-order chi connectivity index (χ0) is 5.54. The summed E-state index contributed by atoms with van der Waals surface area (Å²) in [6.07, 6.45) is 2.37. The molecule has 0 saturated carbocycles. The van der Waals surface area contributed by atoms with E-state index >= 15 is 0 Å². The van der Waals surface area contributed by atoms with Crippen molar-refractivity contribution in [3.05, 3.63) is 6.92 Å².